The molecule has 4 aliphatic heterocycles. The van der Waals surface area contributed by atoms with Gasteiger partial charge in [-0.15, -0.1) is 12.6 Å². The van der Waals surface area contributed by atoms with Crippen molar-refractivity contribution in [2.75, 3.05) is 9.80 Å². The second kappa shape index (κ2) is 13.5. The van der Waals surface area contributed by atoms with Crippen LogP contribution in [0, 0.1) is 23.2 Å². The summed E-state index contributed by atoms with van der Waals surface area (Å²) in [6.07, 6.45) is 6.97. The lowest BCUT2D eigenvalue weighted by molar-refractivity contribution is 0.0524. The molecule has 70 heavy (non-hydrogen) atoms. The predicted molar refractivity (Wildman–Crippen MR) is 295 cm³/mol. The SMILES string of the molecule is Sc1ccccc1-c1cccc2c1C(c1ccccc1)c1cccc3c1N2c1cc(C24CC5CC6(CC6C2)[C@@H]5C4)cc2c1B3c1cccc3c1N2c1ccccc1[Si]3(c1ccccc1)c1ccccc1. The van der Waals surface area contributed by atoms with Crippen LogP contribution in [0.2, 0.25) is 0 Å². The first-order chi connectivity index (χ1) is 34.6. The molecule has 4 fully saturated rings. The highest BCUT2D eigenvalue weighted by Gasteiger charge is 2.76. The van der Waals surface area contributed by atoms with Gasteiger partial charge in [0.25, 0.3) is 6.71 Å². The van der Waals surface area contributed by atoms with E-state index in [1.807, 2.05) is 0 Å². The van der Waals surface area contributed by atoms with Gasteiger partial charge in [-0.05, 0) is 162 Å². The fourth-order valence-corrected chi connectivity index (χ4v) is 22.4. The predicted octanol–water partition coefficient (Wildman–Crippen LogP) is 11.0. The molecule has 2 bridgehead atoms. The standard InChI is InChI=1S/C65H49BN2SSi/c69-56-30-12-10-23-46(56)47-24-15-29-53-60(47)59(40-17-4-1-5-18-40)48-25-14-26-50-62(48)68(53)55-34-42(64-35-41-36-65(49(41)39-64)38-43(65)37-64)33-54-61(55)66(50)51-27-16-32-58-63(51)67(54)52-28-11-13-31-57(52)70(58,44-19-6-2-7-20-44)45-21-8-3-9-22-45/h1-34,41,43,49,59,69H,35-39H2/t41?,43?,49-,59?,64?,65?/m1/s1. The van der Waals surface area contributed by atoms with Gasteiger partial charge in [0.1, 0.15) is 0 Å². The van der Waals surface area contributed by atoms with Crippen LogP contribution in [0.5, 0.6) is 0 Å². The lowest BCUT2D eigenvalue weighted by atomic mass is 9.33. The summed E-state index contributed by atoms with van der Waals surface area (Å²) in [4.78, 5) is 6.57. The average molecular weight is 929 g/mol. The van der Waals surface area contributed by atoms with E-state index in [4.69, 9.17) is 12.6 Å². The van der Waals surface area contributed by atoms with Crippen molar-refractivity contribution in [3.8, 4) is 11.1 Å². The molecule has 0 radical (unpaired) electrons. The van der Waals surface area contributed by atoms with E-state index in [1.54, 1.807) is 5.56 Å². The third kappa shape index (κ3) is 4.66. The van der Waals surface area contributed by atoms with Crippen molar-refractivity contribution in [2.45, 2.75) is 48.3 Å². The van der Waals surface area contributed by atoms with E-state index in [0.717, 1.165) is 22.6 Å². The minimum Gasteiger partial charge on any atom is -0.312 e. The van der Waals surface area contributed by atoms with Crippen molar-refractivity contribution in [2.24, 2.45) is 23.2 Å². The second-order valence-corrected chi connectivity index (χ2v) is 26.5. The first kappa shape index (κ1) is 39.0. The summed E-state index contributed by atoms with van der Waals surface area (Å²) in [7, 11) is -2.88. The summed E-state index contributed by atoms with van der Waals surface area (Å²) in [5.41, 5.74) is 21.4. The van der Waals surface area contributed by atoms with Gasteiger partial charge in [-0.3, -0.25) is 0 Å². The van der Waals surface area contributed by atoms with Gasteiger partial charge >= 0.3 is 0 Å². The van der Waals surface area contributed by atoms with Crippen molar-refractivity contribution in [3.63, 3.8) is 0 Å². The van der Waals surface area contributed by atoms with Gasteiger partial charge in [0.2, 0.25) is 0 Å². The van der Waals surface area contributed by atoms with Crippen LogP contribution in [-0.4, -0.2) is 14.8 Å². The van der Waals surface area contributed by atoms with Crippen LogP contribution < -0.4 is 46.9 Å². The van der Waals surface area contributed by atoms with E-state index >= 15 is 0 Å². The zero-order valence-corrected chi connectivity index (χ0v) is 40.8. The molecule has 332 valence electrons. The number of hydrogen-bond acceptors (Lipinski definition) is 3. The molecule has 0 aromatic heterocycles. The molecule has 5 heteroatoms. The van der Waals surface area contributed by atoms with Crippen LogP contribution in [0.25, 0.3) is 11.1 Å². The monoisotopic (exact) mass is 928 g/mol. The Morgan fingerprint density at radius 3 is 1.89 bits per heavy atom. The summed E-state index contributed by atoms with van der Waals surface area (Å²) in [5, 5.41) is 5.83. The largest absolute Gasteiger partial charge is 0.312 e. The Labute approximate surface area is 417 Å². The topological polar surface area (TPSA) is 6.48 Å². The molecule has 0 amide bonds. The van der Waals surface area contributed by atoms with Crippen LogP contribution in [-0.2, 0) is 5.41 Å². The van der Waals surface area contributed by atoms with Gasteiger partial charge in [0.15, 0.2) is 8.07 Å². The second-order valence-electron chi connectivity index (χ2n) is 22.3. The molecule has 17 rings (SSSR count). The normalized spacial score (nSPS) is 25.4. The van der Waals surface area contributed by atoms with Gasteiger partial charge in [-0.25, -0.2) is 0 Å². The summed E-state index contributed by atoms with van der Waals surface area (Å²) < 4.78 is 0. The molecule has 0 saturated heterocycles. The molecule has 1 spiro atoms. The zero-order valence-electron chi connectivity index (χ0n) is 38.9. The summed E-state index contributed by atoms with van der Waals surface area (Å²) in [5.74, 6) is 2.68. The van der Waals surface area contributed by atoms with E-state index in [1.165, 1.54) is 131 Å². The highest BCUT2D eigenvalue weighted by molar-refractivity contribution is 7.80. The number of anilines is 6. The molecule has 4 aliphatic carbocycles. The van der Waals surface area contributed by atoms with Gasteiger partial charge in [0.05, 0.1) is 5.69 Å². The zero-order chi connectivity index (χ0) is 45.7. The average Bonchev–Trinajstić information content (AvgIpc) is 4.12. The number of rotatable bonds is 5. The van der Waals surface area contributed by atoms with Crippen LogP contribution in [0.15, 0.2) is 211 Å². The van der Waals surface area contributed by atoms with E-state index in [2.05, 4.69) is 216 Å². The maximum Gasteiger partial charge on any atom is 0.252 e. The molecule has 2 nitrogen and oxygen atoms in total. The van der Waals surface area contributed by atoms with Gasteiger partial charge < -0.3 is 9.80 Å². The quantitative estimate of drug-likeness (QED) is 0.136. The Bertz CT molecular complexity index is 3700. The van der Waals surface area contributed by atoms with E-state index in [0.29, 0.717) is 5.41 Å². The van der Waals surface area contributed by atoms with Crippen molar-refractivity contribution in [3.05, 3.63) is 229 Å². The molecule has 4 heterocycles. The molecule has 4 saturated carbocycles. The maximum atomic E-state index is 5.16. The Hall–Kier alpha value is -6.79. The Morgan fingerprint density at radius 2 is 1.11 bits per heavy atom. The number of fused-ring (bicyclic) bond motifs is 9. The smallest absolute Gasteiger partial charge is 0.252 e. The van der Waals surface area contributed by atoms with Gasteiger partial charge in [0, 0.05) is 39.3 Å². The van der Waals surface area contributed by atoms with E-state index in [9.17, 15) is 0 Å². The fraction of sp³-hybridized carbons (Fsp3) is 0.169. The molecule has 8 aliphatic rings. The molecule has 9 aromatic rings. The third-order valence-corrected chi connectivity index (χ3v) is 24.7. The van der Waals surface area contributed by atoms with Crippen molar-refractivity contribution < 1.29 is 0 Å². The molecule has 0 N–H and O–H groups in total. The lowest BCUT2D eigenvalue weighted by Gasteiger charge is -2.52. The Balaban J connectivity index is 1.01. The molecule has 5 unspecified atom stereocenters. The van der Waals surface area contributed by atoms with E-state index < -0.39 is 8.07 Å². The first-order valence-corrected chi connectivity index (χ1v) is 28.2. The molecule has 6 atom stereocenters. The van der Waals surface area contributed by atoms with Crippen LogP contribution in [0.1, 0.15) is 60.3 Å². The number of para-hydroxylation sites is 3. The summed E-state index contributed by atoms with van der Waals surface area (Å²) in [6, 6.07) is 80.2. The fourth-order valence-electron chi connectivity index (χ4n) is 16.9. The number of benzene rings is 9. The van der Waals surface area contributed by atoms with Crippen molar-refractivity contribution >= 4 is 98.7 Å². The Kier molecular flexibility index (Phi) is 7.54. The summed E-state index contributed by atoms with van der Waals surface area (Å²) >= 11 is 5.16. The maximum absolute atomic E-state index is 5.16. The first-order valence-electron chi connectivity index (χ1n) is 25.8. The van der Waals surface area contributed by atoms with Crippen molar-refractivity contribution in [1.82, 2.24) is 0 Å². The number of hydrogen-bond donors (Lipinski definition) is 1. The van der Waals surface area contributed by atoms with Crippen molar-refractivity contribution in [1.29, 1.82) is 0 Å². The number of thiol groups is 1. The third-order valence-electron chi connectivity index (χ3n) is 19.5. The van der Waals surface area contributed by atoms with Crippen LogP contribution >= 0.6 is 12.6 Å². The molecule has 9 aromatic carbocycles. The number of nitrogens with zero attached hydrogens (tertiary/aromatic N) is 2. The highest BCUT2D eigenvalue weighted by Crippen LogP contribution is 2.84. The lowest BCUT2D eigenvalue weighted by Crippen LogP contribution is -2.79. The molecular weight excluding hydrogens is 880 g/mol. The van der Waals surface area contributed by atoms with Gasteiger partial charge in [-0.2, -0.15) is 0 Å². The summed E-state index contributed by atoms with van der Waals surface area (Å²) in [6.45, 7) is 0.0407. The highest BCUT2D eigenvalue weighted by atomic mass is 32.1. The van der Waals surface area contributed by atoms with Crippen LogP contribution in [0.4, 0.5) is 34.1 Å². The minimum absolute atomic E-state index is 0.0222. The van der Waals surface area contributed by atoms with Crippen LogP contribution in [0.3, 0.4) is 0 Å². The van der Waals surface area contributed by atoms with Gasteiger partial charge in [-0.1, -0.05) is 176 Å². The molecular formula is C65H49BN2SSi. The minimum atomic E-state index is -2.88. The Morgan fingerprint density at radius 1 is 0.500 bits per heavy atom. The van der Waals surface area contributed by atoms with E-state index in [-0.39, 0.29) is 18.0 Å².